The van der Waals surface area contributed by atoms with Crippen molar-refractivity contribution < 1.29 is 23.9 Å². The van der Waals surface area contributed by atoms with Crippen molar-refractivity contribution in [2.75, 3.05) is 0 Å². The molecule has 2 atom stereocenters. The van der Waals surface area contributed by atoms with Crippen LogP contribution in [0, 0.1) is 11.3 Å². The molecule has 0 bridgehead atoms. The van der Waals surface area contributed by atoms with Gasteiger partial charge in [0.2, 0.25) is 0 Å². The third-order valence-corrected chi connectivity index (χ3v) is 3.26. The van der Waals surface area contributed by atoms with Crippen LogP contribution >= 0.6 is 0 Å². The van der Waals surface area contributed by atoms with Crippen molar-refractivity contribution >= 4 is 17.9 Å². The zero-order chi connectivity index (χ0) is 12.8. The molecule has 94 valence electrons. The molecule has 2 unspecified atom stereocenters. The van der Waals surface area contributed by atoms with Crippen LogP contribution < -0.4 is 0 Å². The van der Waals surface area contributed by atoms with Gasteiger partial charge in [0.25, 0.3) is 0 Å². The topological polar surface area (TPSA) is 69.7 Å². The van der Waals surface area contributed by atoms with Gasteiger partial charge < -0.3 is 9.47 Å². The van der Waals surface area contributed by atoms with Crippen LogP contribution in [-0.4, -0.2) is 23.5 Å². The molecule has 1 heterocycles. The first-order valence-corrected chi connectivity index (χ1v) is 5.77. The monoisotopic (exact) mass is 240 g/mol. The Morgan fingerprint density at radius 3 is 2.65 bits per heavy atom. The van der Waals surface area contributed by atoms with Gasteiger partial charge in [-0.2, -0.15) is 0 Å². The Balaban J connectivity index is 2.31. The molecule has 2 aliphatic rings. The highest BCUT2D eigenvalue weighted by Gasteiger charge is 2.66. The summed E-state index contributed by atoms with van der Waals surface area (Å²) in [5, 5.41) is 0. The summed E-state index contributed by atoms with van der Waals surface area (Å²) in [7, 11) is 0. The van der Waals surface area contributed by atoms with Gasteiger partial charge in [-0.25, -0.2) is 0 Å². The number of carbonyl (C=O) groups excluding carboxylic acids is 3. The molecule has 1 saturated carbocycles. The van der Waals surface area contributed by atoms with Gasteiger partial charge in [-0.05, 0) is 33.6 Å². The molecule has 0 aromatic carbocycles. The molecule has 0 N–H and O–H groups in total. The van der Waals surface area contributed by atoms with Gasteiger partial charge in [-0.3, -0.25) is 14.4 Å². The summed E-state index contributed by atoms with van der Waals surface area (Å²) in [5.41, 5.74) is -2.05. The van der Waals surface area contributed by atoms with Crippen LogP contribution in [0.1, 0.15) is 40.0 Å². The lowest BCUT2D eigenvalue weighted by atomic mass is 9.80. The highest BCUT2D eigenvalue weighted by Crippen LogP contribution is 2.50. The fraction of sp³-hybridized carbons (Fsp3) is 0.750. The van der Waals surface area contributed by atoms with E-state index in [2.05, 4.69) is 4.74 Å². The van der Waals surface area contributed by atoms with E-state index >= 15 is 0 Å². The van der Waals surface area contributed by atoms with Crippen LogP contribution in [0.2, 0.25) is 0 Å². The molecule has 5 nitrogen and oxygen atoms in total. The van der Waals surface area contributed by atoms with E-state index in [0.29, 0.717) is 19.3 Å². The summed E-state index contributed by atoms with van der Waals surface area (Å²) in [6, 6.07) is 0. The van der Waals surface area contributed by atoms with E-state index in [9.17, 15) is 14.4 Å². The van der Waals surface area contributed by atoms with E-state index in [1.807, 2.05) is 0 Å². The predicted molar refractivity (Wildman–Crippen MR) is 56.7 cm³/mol. The minimum Gasteiger partial charge on any atom is -0.459 e. The third-order valence-electron chi connectivity index (χ3n) is 3.26. The summed E-state index contributed by atoms with van der Waals surface area (Å²) < 4.78 is 9.84. The Morgan fingerprint density at radius 1 is 1.41 bits per heavy atom. The quantitative estimate of drug-likeness (QED) is 0.508. The van der Waals surface area contributed by atoms with E-state index in [0.717, 1.165) is 0 Å². The second-order valence-corrected chi connectivity index (χ2v) is 5.63. The molecule has 0 radical (unpaired) electrons. The molecule has 1 saturated heterocycles. The highest BCUT2D eigenvalue weighted by atomic mass is 16.6. The molecule has 0 aromatic rings. The fourth-order valence-electron chi connectivity index (χ4n) is 2.52. The van der Waals surface area contributed by atoms with E-state index < -0.39 is 34.8 Å². The lowest BCUT2D eigenvalue weighted by molar-refractivity contribution is -0.174. The molecule has 0 aromatic heterocycles. The van der Waals surface area contributed by atoms with Crippen molar-refractivity contribution in [1.29, 1.82) is 0 Å². The number of hydrogen-bond donors (Lipinski definition) is 0. The molecule has 2 rings (SSSR count). The number of fused-ring (bicyclic) bond motifs is 1. The Kier molecular flexibility index (Phi) is 2.52. The Hall–Kier alpha value is -1.39. The average molecular weight is 240 g/mol. The van der Waals surface area contributed by atoms with Crippen molar-refractivity contribution in [2.24, 2.45) is 11.3 Å². The van der Waals surface area contributed by atoms with Crippen molar-refractivity contribution in [1.82, 2.24) is 0 Å². The summed E-state index contributed by atoms with van der Waals surface area (Å²) in [4.78, 5) is 35.4. The number of esters is 3. The maximum atomic E-state index is 12.1. The molecule has 5 heteroatoms. The first-order chi connectivity index (χ1) is 7.77. The third kappa shape index (κ3) is 1.73. The first-order valence-electron chi connectivity index (χ1n) is 5.77. The van der Waals surface area contributed by atoms with Gasteiger partial charge in [0, 0.05) is 0 Å². The van der Waals surface area contributed by atoms with Gasteiger partial charge in [-0.1, -0.05) is 6.42 Å². The van der Waals surface area contributed by atoms with Crippen LogP contribution in [0.3, 0.4) is 0 Å². The number of cyclic esters (lactones) is 2. The summed E-state index contributed by atoms with van der Waals surface area (Å²) in [6.45, 7) is 5.19. The van der Waals surface area contributed by atoms with E-state index in [1.54, 1.807) is 20.8 Å². The Morgan fingerprint density at radius 2 is 2.06 bits per heavy atom. The second-order valence-electron chi connectivity index (χ2n) is 5.63. The van der Waals surface area contributed by atoms with Crippen molar-refractivity contribution in [3.8, 4) is 0 Å². The first kappa shape index (κ1) is 12.1. The molecule has 0 amide bonds. The molecular weight excluding hydrogens is 224 g/mol. The van der Waals surface area contributed by atoms with Gasteiger partial charge in [0.05, 0.1) is 5.92 Å². The zero-order valence-corrected chi connectivity index (χ0v) is 10.2. The van der Waals surface area contributed by atoms with Crippen molar-refractivity contribution in [3.05, 3.63) is 0 Å². The smallest absolute Gasteiger partial charge is 0.332 e. The van der Waals surface area contributed by atoms with Crippen molar-refractivity contribution in [3.63, 3.8) is 0 Å². The van der Waals surface area contributed by atoms with Gasteiger partial charge in [0.15, 0.2) is 5.41 Å². The van der Waals surface area contributed by atoms with Gasteiger partial charge in [0.1, 0.15) is 5.60 Å². The molecule has 0 spiro atoms. The van der Waals surface area contributed by atoms with Crippen LogP contribution in [-0.2, 0) is 23.9 Å². The molecule has 1 aliphatic heterocycles. The zero-order valence-electron chi connectivity index (χ0n) is 10.2. The Labute approximate surface area is 99.5 Å². The number of ether oxygens (including phenoxy) is 2. The fourth-order valence-corrected chi connectivity index (χ4v) is 2.52. The molecule has 1 aliphatic carbocycles. The normalized spacial score (nSPS) is 32.3. The standard InChI is InChI=1S/C12H16O5/c1-11(2,3)17-10(15)12-6-4-5-7(12)8(13)16-9(12)14/h7H,4-6H2,1-3H3. The number of carbonyl (C=O) groups is 3. The largest absolute Gasteiger partial charge is 0.459 e. The molecular formula is C12H16O5. The lowest BCUT2D eigenvalue weighted by Gasteiger charge is -2.27. The summed E-state index contributed by atoms with van der Waals surface area (Å²) in [6.07, 6.45) is 1.53. The van der Waals surface area contributed by atoms with Crippen molar-refractivity contribution in [2.45, 2.75) is 45.6 Å². The number of hydrogen-bond acceptors (Lipinski definition) is 5. The highest BCUT2D eigenvalue weighted by molar-refractivity contribution is 6.12. The van der Waals surface area contributed by atoms with Gasteiger partial charge in [-0.15, -0.1) is 0 Å². The minimum absolute atomic E-state index is 0.344. The maximum Gasteiger partial charge on any atom is 0.332 e. The maximum absolute atomic E-state index is 12.1. The van der Waals surface area contributed by atoms with Gasteiger partial charge >= 0.3 is 17.9 Å². The van der Waals surface area contributed by atoms with E-state index in [4.69, 9.17) is 4.74 Å². The SMILES string of the molecule is CC(C)(C)OC(=O)C12CCCC1C(=O)OC2=O. The lowest BCUT2D eigenvalue weighted by Crippen LogP contribution is -2.43. The van der Waals surface area contributed by atoms with Crippen LogP contribution in [0.25, 0.3) is 0 Å². The molecule has 2 fully saturated rings. The Bertz CT molecular complexity index is 392. The van der Waals surface area contributed by atoms with E-state index in [-0.39, 0.29) is 0 Å². The second kappa shape index (κ2) is 3.55. The van der Waals surface area contributed by atoms with Crippen LogP contribution in [0.15, 0.2) is 0 Å². The number of rotatable bonds is 1. The van der Waals surface area contributed by atoms with E-state index in [1.165, 1.54) is 0 Å². The van der Waals surface area contributed by atoms with Crippen LogP contribution in [0.4, 0.5) is 0 Å². The predicted octanol–water partition coefficient (Wildman–Crippen LogP) is 1.20. The average Bonchev–Trinajstić information content (AvgIpc) is 2.66. The minimum atomic E-state index is -1.37. The summed E-state index contributed by atoms with van der Waals surface area (Å²) in [5.74, 6) is -2.59. The van der Waals surface area contributed by atoms with Crippen LogP contribution in [0.5, 0.6) is 0 Å². The summed E-state index contributed by atoms with van der Waals surface area (Å²) >= 11 is 0. The molecule has 17 heavy (non-hydrogen) atoms.